The Balaban J connectivity index is 2.52. The topological polar surface area (TPSA) is 49.8 Å². The van der Waals surface area contributed by atoms with E-state index in [-0.39, 0.29) is 18.1 Å². The molecule has 0 aromatic heterocycles. The molecule has 0 bridgehead atoms. The minimum absolute atomic E-state index is 0.196. The zero-order valence-corrected chi connectivity index (χ0v) is 11.4. The second kappa shape index (κ2) is 5.71. The van der Waals surface area contributed by atoms with Crippen molar-refractivity contribution >= 4 is 6.09 Å². The molecule has 0 spiro atoms. The van der Waals surface area contributed by atoms with Gasteiger partial charge in [0.15, 0.2) is 0 Å². The molecule has 4 nitrogen and oxygen atoms in total. The molecule has 17 heavy (non-hydrogen) atoms. The van der Waals surface area contributed by atoms with E-state index in [1.807, 2.05) is 27.7 Å². The van der Waals surface area contributed by atoms with E-state index in [1.165, 1.54) is 0 Å². The van der Waals surface area contributed by atoms with Crippen molar-refractivity contribution in [1.29, 1.82) is 0 Å². The lowest BCUT2D eigenvalue weighted by Gasteiger charge is -2.35. The maximum atomic E-state index is 11.9. The first-order valence-corrected chi connectivity index (χ1v) is 6.49. The first kappa shape index (κ1) is 14.3. The van der Waals surface area contributed by atoms with Crippen LogP contribution in [0.3, 0.4) is 0 Å². The second-order valence-electron chi connectivity index (χ2n) is 5.80. The van der Waals surface area contributed by atoms with Gasteiger partial charge in [-0.2, -0.15) is 0 Å². The normalized spacial score (nSPS) is 23.4. The first-order valence-electron chi connectivity index (χ1n) is 6.49. The maximum Gasteiger partial charge on any atom is 0.410 e. The van der Waals surface area contributed by atoms with E-state index in [1.54, 1.807) is 4.90 Å². The number of hydrogen-bond donors (Lipinski definition) is 1. The smallest absolute Gasteiger partial charge is 0.410 e. The Morgan fingerprint density at radius 1 is 1.53 bits per heavy atom. The molecule has 1 amide bonds. The molecule has 0 radical (unpaired) electrons. The number of likely N-dealkylation sites (tertiary alicyclic amines) is 1. The van der Waals surface area contributed by atoms with Gasteiger partial charge in [0, 0.05) is 19.0 Å². The number of rotatable bonds is 2. The number of aliphatic hydroxyl groups excluding tert-OH is 1. The lowest BCUT2D eigenvalue weighted by molar-refractivity contribution is 0.00234. The molecule has 2 atom stereocenters. The van der Waals surface area contributed by atoms with Crippen LogP contribution in [0, 0.1) is 5.92 Å². The summed E-state index contributed by atoms with van der Waals surface area (Å²) in [4.78, 5) is 13.6. The summed E-state index contributed by atoms with van der Waals surface area (Å²) in [5.41, 5.74) is -0.451. The minimum atomic E-state index is -0.451. The number of carbonyl (C=O) groups excluding carboxylic acids is 1. The summed E-state index contributed by atoms with van der Waals surface area (Å²) < 4.78 is 5.34. The van der Waals surface area contributed by atoms with Gasteiger partial charge in [-0.25, -0.2) is 4.79 Å². The first-order chi connectivity index (χ1) is 7.83. The van der Waals surface area contributed by atoms with Gasteiger partial charge in [-0.05, 0) is 40.0 Å². The van der Waals surface area contributed by atoms with Crippen LogP contribution in [-0.2, 0) is 4.74 Å². The fraction of sp³-hybridized carbons (Fsp3) is 0.923. The molecule has 0 unspecified atom stereocenters. The van der Waals surface area contributed by atoms with Crippen LogP contribution in [-0.4, -0.2) is 40.9 Å². The summed E-state index contributed by atoms with van der Waals surface area (Å²) in [6.07, 6.45) is 2.12. The van der Waals surface area contributed by atoms with Crippen molar-refractivity contribution in [2.75, 3.05) is 13.1 Å². The van der Waals surface area contributed by atoms with Crippen LogP contribution in [0.15, 0.2) is 0 Å². The second-order valence-corrected chi connectivity index (χ2v) is 5.80. The zero-order valence-electron chi connectivity index (χ0n) is 11.4. The van der Waals surface area contributed by atoms with Gasteiger partial charge in [0.2, 0.25) is 0 Å². The van der Waals surface area contributed by atoms with E-state index in [0.717, 1.165) is 25.8 Å². The largest absolute Gasteiger partial charge is 0.444 e. The number of nitrogens with zero attached hydrogens (tertiary/aromatic N) is 1. The van der Waals surface area contributed by atoms with Crippen molar-refractivity contribution in [1.82, 2.24) is 4.90 Å². The number of carbonyl (C=O) groups is 1. The van der Waals surface area contributed by atoms with E-state index < -0.39 is 5.60 Å². The minimum Gasteiger partial charge on any atom is -0.444 e. The lowest BCUT2D eigenvalue weighted by atomic mass is 9.91. The summed E-state index contributed by atoms with van der Waals surface area (Å²) >= 11 is 0. The Hall–Kier alpha value is -0.770. The fourth-order valence-electron chi connectivity index (χ4n) is 2.15. The molecule has 1 saturated heterocycles. The van der Waals surface area contributed by atoms with Crippen LogP contribution in [0.1, 0.15) is 47.0 Å². The lowest BCUT2D eigenvalue weighted by Crippen LogP contribution is -2.45. The van der Waals surface area contributed by atoms with Crippen molar-refractivity contribution in [3.63, 3.8) is 0 Å². The van der Waals surface area contributed by atoms with Crippen LogP contribution in [0.4, 0.5) is 4.79 Å². The van der Waals surface area contributed by atoms with Crippen molar-refractivity contribution < 1.29 is 14.6 Å². The molecule has 100 valence electrons. The molecule has 1 heterocycles. The molecular weight excluding hydrogens is 218 g/mol. The van der Waals surface area contributed by atoms with Crippen LogP contribution in [0.2, 0.25) is 0 Å². The average molecular weight is 243 g/mol. The van der Waals surface area contributed by atoms with Gasteiger partial charge >= 0.3 is 6.09 Å². The van der Waals surface area contributed by atoms with Gasteiger partial charge in [-0.15, -0.1) is 0 Å². The van der Waals surface area contributed by atoms with E-state index in [9.17, 15) is 9.90 Å². The Kier molecular flexibility index (Phi) is 4.80. The molecular formula is C13H25NO3. The van der Waals surface area contributed by atoms with Gasteiger partial charge < -0.3 is 14.7 Å². The summed E-state index contributed by atoms with van der Waals surface area (Å²) in [5.74, 6) is 0.196. The molecule has 1 N–H and O–H groups in total. The molecule has 1 fully saturated rings. The van der Waals surface area contributed by atoms with E-state index in [4.69, 9.17) is 4.74 Å². The van der Waals surface area contributed by atoms with Crippen molar-refractivity contribution in [2.45, 2.75) is 58.7 Å². The standard InChI is InChI=1S/C13H25NO3/c1-5-11(15)10-7-6-8-14(9-10)12(16)17-13(2,3)4/h10-11,15H,5-9H2,1-4H3/t10-,11+/m0/s1. The number of hydrogen-bond acceptors (Lipinski definition) is 3. The molecule has 1 aliphatic heterocycles. The van der Waals surface area contributed by atoms with Gasteiger partial charge in [-0.1, -0.05) is 6.92 Å². The zero-order chi connectivity index (χ0) is 13.1. The molecule has 0 saturated carbocycles. The van der Waals surface area contributed by atoms with Crippen molar-refractivity contribution in [3.8, 4) is 0 Å². The average Bonchev–Trinajstić information content (AvgIpc) is 2.26. The predicted octanol–water partition coefficient (Wildman–Crippen LogP) is 2.40. The highest BCUT2D eigenvalue weighted by Gasteiger charge is 2.30. The molecule has 0 aliphatic carbocycles. The van der Waals surface area contributed by atoms with Crippen molar-refractivity contribution in [2.24, 2.45) is 5.92 Å². The van der Waals surface area contributed by atoms with Gasteiger partial charge in [-0.3, -0.25) is 0 Å². The predicted molar refractivity (Wildman–Crippen MR) is 66.8 cm³/mol. The summed E-state index contributed by atoms with van der Waals surface area (Å²) in [6, 6.07) is 0. The Labute approximate surface area is 104 Å². The molecule has 4 heteroatoms. The van der Waals surface area contributed by atoms with E-state index >= 15 is 0 Å². The third-order valence-electron chi connectivity index (χ3n) is 3.07. The number of amides is 1. The number of aliphatic hydroxyl groups is 1. The number of piperidine rings is 1. The third-order valence-corrected chi connectivity index (χ3v) is 3.07. The Morgan fingerprint density at radius 2 is 2.18 bits per heavy atom. The van der Waals surface area contributed by atoms with Gasteiger partial charge in [0.25, 0.3) is 0 Å². The monoisotopic (exact) mass is 243 g/mol. The van der Waals surface area contributed by atoms with Gasteiger partial charge in [0.1, 0.15) is 5.60 Å². The third kappa shape index (κ3) is 4.54. The van der Waals surface area contributed by atoms with Crippen LogP contribution >= 0.6 is 0 Å². The van der Waals surface area contributed by atoms with E-state index in [2.05, 4.69) is 0 Å². The summed E-state index contributed by atoms with van der Waals surface area (Å²) in [7, 11) is 0. The Morgan fingerprint density at radius 3 is 2.71 bits per heavy atom. The van der Waals surface area contributed by atoms with Crippen LogP contribution < -0.4 is 0 Å². The van der Waals surface area contributed by atoms with Crippen LogP contribution in [0.25, 0.3) is 0 Å². The summed E-state index contributed by atoms with van der Waals surface area (Å²) in [6.45, 7) is 8.93. The van der Waals surface area contributed by atoms with Crippen molar-refractivity contribution in [3.05, 3.63) is 0 Å². The highest BCUT2D eigenvalue weighted by Crippen LogP contribution is 2.23. The van der Waals surface area contributed by atoms with Crippen LogP contribution in [0.5, 0.6) is 0 Å². The molecule has 1 rings (SSSR count). The highest BCUT2D eigenvalue weighted by atomic mass is 16.6. The van der Waals surface area contributed by atoms with E-state index in [0.29, 0.717) is 6.54 Å². The number of ether oxygens (including phenoxy) is 1. The maximum absolute atomic E-state index is 11.9. The molecule has 0 aromatic carbocycles. The fourth-order valence-corrected chi connectivity index (χ4v) is 2.15. The highest BCUT2D eigenvalue weighted by molar-refractivity contribution is 5.68. The molecule has 1 aliphatic rings. The van der Waals surface area contributed by atoms with Gasteiger partial charge in [0.05, 0.1) is 6.10 Å². The summed E-state index contributed by atoms with van der Waals surface area (Å²) in [5, 5.41) is 9.84. The Bertz CT molecular complexity index is 260. The quantitative estimate of drug-likeness (QED) is 0.810. The molecule has 0 aromatic rings. The SMILES string of the molecule is CC[C@@H](O)[C@H]1CCCN(C(=O)OC(C)(C)C)C1.